The maximum absolute atomic E-state index is 11.8. The van der Waals surface area contributed by atoms with Crippen LogP contribution in [0.1, 0.15) is 81.8 Å². The van der Waals surface area contributed by atoms with E-state index in [1.165, 1.54) is 11.1 Å². The second-order valence-electron chi connectivity index (χ2n) is 8.81. The summed E-state index contributed by atoms with van der Waals surface area (Å²) in [6, 6.07) is 3.85. The van der Waals surface area contributed by atoms with Crippen LogP contribution < -0.4 is 4.74 Å². The van der Waals surface area contributed by atoms with E-state index < -0.39 is 0 Å². The minimum absolute atomic E-state index is 0.250. The number of hydrogen-bond donors (Lipinski definition) is 0. The number of rotatable bonds is 5. The molecule has 1 aliphatic carbocycles. The Kier molecular flexibility index (Phi) is 8.65. The summed E-state index contributed by atoms with van der Waals surface area (Å²) in [6.45, 7) is 14.1. The molecule has 0 fully saturated rings. The molecule has 2 aliphatic rings. The first-order valence-electron chi connectivity index (χ1n) is 10.9. The van der Waals surface area contributed by atoms with E-state index in [0.717, 1.165) is 48.1 Å². The van der Waals surface area contributed by atoms with Gasteiger partial charge in [0, 0.05) is 17.5 Å². The van der Waals surface area contributed by atoms with Crippen molar-refractivity contribution in [3.8, 4) is 5.75 Å². The third-order valence-corrected chi connectivity index (χ3v) is 4.99. The topological polar surface area (TPSA) is 26.3 Å². The van der Waals surface area contributed by atoms with Crippen LogP contribution in [-0.2, 0) is 6.42 Å². The van der Waals surface area contributed by atoms with Gasteiger partial charge >= 0.3 is 0 Å². The molecule has 1 aromatic rings. The van der Waals surface area contributed by atoms with Gasteiger partial charge in [-0.3, -0.25) is 4.79 Å². The molecular weight excluding hydrogens is 368 g/mol. The van der Waals surface area contributed by atoms with Crippen LogP contribution in [0.15, 0.2) is 66.3 Å². The van der Waals surface area contributed by atoms with Gasteiger partial charge < -0.3 is 4.74 Å². The SMILES string of the molecule is C=C(C)/C=C\C=C/CCC=C(C)C.CC1(C)C=Cc2c(ccc3c2CCCC3=O)O1. The Morgan fingerprint density at radius 1 is 1.13 bits per heavy atom. The van der Waals surface area contributed by atoms with E-state index >= 15 is 0 Å². The van der Waals surface area contributed by atoms with Gasteiger partial charge in [-0.25, -0.2) is 0 Å². The molecule has 0 atom stereocenters. The Labute approximate surface area is 182 Å². The summed E-state index contributed by atoms with van der Waals surface area (Å²) >= 11 is 0. The van der Waals surface area contributed by atoms with Gasteiger partial charge in [-0.1, -0.05) is 54.2 Å². The van der Waals surface area contributed by atoms with Crippen molar-refractivity contribution in [1.29, 1.82) is 0 Å². The molecule has 2 nitrogen and oxygen atoms in total. The average Bonchev–Trinajstić information content (AvgIpc) is 2.66. The first kappa shape index (κ1) is 23.7. The van der Waals surface area contributed by atoms with Gasteiger partial charge in [-0.2, -0.15) is 0 Å². The van der Waals surface area contributed by atoms with E-state index in [1.54, 1.807) is 0 Å². The number of benzene rings is 1. The van der Waals surface area contributed by atoms with E-state index in [4.69, 9.17) is 4.74 Å². The summed E-state index contributed by atoms with van der Waals surface area (Å²) in [7, 11) is 0. The van der Waals surface area contributed by atoms with E-state index in [2.05, 4.69) is 50.8 Å². The number of allylic oxidation sites excluding steroid dienone is 7. The maximum atomic E-state index is 11.8. The van der Waals surface area contributed by atoms with Gasteiger partial charge in [0.15, 0.2) is 5.78 Å². The van der Waals surface area contributed by atoms with E-state index in [-0.39, 0.29) is 11.4 Å². The minimum atomic E-state index is -0.250. The summed E-state index contributed by atoms with van der Waals surface area (Å²) in [5, 5.41) is 0. The van der Waals surface area contributed by atoms with Crippen LogP contribution in [0.4, 0.5) is 0 Å². The molecule has 1 aromatic carbocycles. The Morgan fingerprint density at radius 2 is 1.90 bits per heavy atom. The highest BCUT2D eigenvalue weighted by Crippen LogP contribution is 2.37. The minimum Gasteiger partial charge on any atom is -0.483 e. The highest BCUT2D eigenvalue weighted by molar-refractivity contribution is 5.99. The number of Topliss-reactive ketones (excluding diaryl/α,β-unsaturated/α-hetero) is 1. The second kappa shape index (κ2) is 11.0. The summed E-state index contributed by atoms with van der Waals surface area (Å²) in [6.07, 6.45) is 19.6. The zero-order chi connectivity index (χ0) is 22.1. The monoisotopic (exact) mass is 404 g/mol. The van der Waals surface area contributed by atoms with Crippen LogP contribution in [0.25, 0.3) is 6.08 Å². The van der Waals surface area contributed by atoms with Crippen LogP contribution in [0.5, 0.6) is 5.75 Å². The van der Waals surface area contributed by atoms with Crippen LogP contribution >= 0.6 is 0 Å². The Hall–Kier alpha value is -2.61. The molecule has 0 spiro atoms. The lowest BCUT2D eigenvalue weighted by Crippen LogP contribution is -2.28. The molecule has 1 aliphatic heterocycles. The van der Waals surface area contributed by atoms with Crippen molar-refractivity contribution in [3.05, 3.63) is 83.0 Å². The van der Waals surface area contributed by atoms with Crippen molar-refractivity contribution < 1.29 is 9.53 Å². The van der Waals surface area contributed by atoms with Gasteiger partial charge in [-0.15, -0.1) is 0 Å². The van der Waals surface area contributed by atoms with Crippen LogP contribution in [0.3, 0.4) is 0 Å². The molecule has 160 valence electrons. The molecule has 0 saturated heterocycles. The number of carbonyl (C=O) groups excluding carboxylic acids is 1. The Bertz CT molecular complexity index is 887. The molecule has 2 heteroatoms. The van der Waals surface area contributed by atoms with Crippen molar-refractivity contribution in [3.63, 3.8) is 0 Å². The highest BCUT2D eigenvalue weighted by atomic mass is 16.5. The molecule has 0 amide bonds. The normalized spacial score (nSPS) is 16.4. The molecular formula is C28H36O2. The van der Waals surface area contributed by atoms with E-state index in [9.17, 15) is 4.79 Å². The largest absolute Gasteiger partial charge is 0.483 e. The number of unbranched alkanes of at least 4 members (excludes halogenated alkanes) is 1. The molecule has 3 rings (SSSR count). The molecule has 0 bridgehead atoms. The maximum Gasteiger partial charge on any atom is 0.163 e. The third kappa shape index (κ3) is 7.33. The predicted octanol–water partition coefficient (Wildman–Crippen LogP) is 7.81. The molecule has 30 heavy (non-hydrogen) atoms. The van der Waals surface area contributed by atoms with Crippen LogP contribution in [0, 0.1) is 0 Å². The van der Waals surface area contributed by atoms with Crippen molar-refractivity contribution in [2.45, 2.75) is 72.3 Å². The van der Waals surface area contributed by atoms with Crippen LogP contribution in [0.2, 0.25) is 0 Å². The summed E-state index contributed by atoms with van der Waals surface area (Å²) in [5.41, 5.74) is 5.41. The molecule has 0 radical (unpaired) electrons. The lowest BCUT2D eigenvalue weighted by atomic mass is 9.85. The zero-order valence-corrected chi connectivity index (χ0v) is 19.3. The molecule has 0 unspecified atom stereocenters. The lowest BCUT2D eigenvalue weighted by molar-refractivity contribution is 0.0972. The van der Waals surface area contributed by atoms with Crippen LogP contribution in [-0.4, -0.2) is 11.4 Å². The van der Waals surface area contributed by atoms with Gasteiger partial charge in [0.05, 0.1) is 0 Å². The third-order valence-electron chi connectivity index (χ3n) is 4.99. The quantitative estimate of drug-likeness (QED) is 0.284. The number of carbonyl (C=O) groups is 1. The second-order valence-corrected chi connectivity index (χ2v) is 8.81. The molecule has 0 saturated carbocycles. The first-order chi connectivity index (χ1) is 14.2. The van der Waals surface area contributed by atoms with Gasteiger partial charge in [0.25, 0.3) is 0 Å². The van der Waals surface area contributed by atoms with Crippen molar-refractivity contribution >= 4 is 11.9 Å². The molecule has 1 heterocycles. The van der Waals surface area contributed by atoms with Crippen molar-refractivity contribution in [1.82, 2.24) is 0 Å². The average molecular weight is 405 g/mol. The Balaban J connectivity index is 0.000000224. The van der Waals surface area contributed by atoms with Crippen molar-refractivity contribution in [2.75, 3.05) is 0 Å². The zero-order valence-electron chi connectivity index (χ0n) is 19.3. The number of ether oxygens (including phenoxy) is 1. The van der Waals surface area contributed by atoms with E-state index in [1.807, 2.05) is 45.1 Å². The number of hydrogen-bond acceptors (Lipinski definition) is 2. The predicted molar refractivity (Wildman–Crippen MR) is 129 cm³/mol. The van der Waals surface area contributed by atoms with Gasteiger partial charge in [0.2, 0.25) is 0 Å². The first-order valence-corrected chi connectivity index (χ1v) is 10.9. The van der Waals surface area contributed by atoms with E-state index in [0.29, 0.717) is 6.42 Å². The fraction of sp³-hybridized carbons (Fsp3) is 0.393. The fourth-order valence-electron chi connectivity index (χ4n) is 3.47. The number of fused-ring (bicyclic) bond motifs is 3. The molecule has 0 aromatic heterocycles. The summed E-state index contributed by atoms with van der Waals surface area (Å²) < 4.78 is 5.92. The lowest BCUT2D eigenvalue weighted by Gasteiger charge is -2.30. The highest BCUT2D eigenvalue weighted by Gasteiger charge is 2.27. The number of ketones is 1. The summed E-state index contributed by atoms with van der Waals surface area (Å²) in [4.78, 5) is 11.8. The summed E-state index contributed by atoms with van der Waals surface area (Å²) in [5.74, 6) is 1.18. The van der Waals surface area contributed by atoms with Crippen molar-refractivity contribution in [2.24, 2.45) is 0 Å². The standard InChI is InChI=1S/C15H16O2.C13H20/c1-15(2)9-8-12-10-4-3-5-13(16)11(10)6-7-14(12)17-15;1-12(2)10-8-6-5-7-9-11-13(3)4/h6-9H,3-5H2,1-2H3;5-6,8,10-11H,1,7,9H2,2-4H3/b;6-5-,10-8-. The van der Waals surface area contributed by atoms with Gasteiger partial charge in [-0.05, 0) is 84.1 Å². The fourth-order valence-corrected chi connectivity index (χ4v) is 3.47. The Morgan fingerprint density at radius 3 is 2.60 bits per heavy atom. The smallest absolute Gasteiger partial charge is 0.163 e. The van der Waals surface area contributed by atoms with Gasteiger partial charge in [0.1, 0.15) is 11.4 Å². The molecule has 0 N–H and O–H groups in total.